The average molecular weight is 340 g/mol. The van der Waals surface area contributed by atoms with Crippen LogP contribution in [0.2, 0.25) is 5.02 Å². The number of benzene rings is 2. The smallest absolute Gasteiger partial charge is 0.141 e. The van der Waals surface area contributed by atoms with Crippen molar-refractivity contribution in [2.24, 2.45) is 0 Å². The van der Waals surface area contributed by atoms with Gasteiger partial charge >= 0.3 is 0 Å². The molecule has 24 heavy (non-hydrogen) atoms. The van der Waals surface area contributed by atoms with Gasteiger partial charge in [0.1, 0.15) is 5.82 Å². The van der Waals surface area contributed by atoms with E-state index < -0.39 is 5.82 Å². The van der Waals surface area contributed by atoms with Gasteiger partial charge in [-0.15, -0.1) is 0 Å². The molecule has 2 rings (SSSR count). The molecule has 0 amide bonds. The Labute approximate surface area is 147 Å². The summed E-state index contributed by atoms with van der Waals surface area (Å²) in [6, 6.07) is 12.8. The first-order valence-electron chi connectivity index (χ1n) is 7.82. The van der Waals surface area contributed by atoms with Crippen molar-refractivity contribution in [1.82, 2.24) is 0 Å². The molecular formula is C21H19ClFN. The summed E-state index contributed by atoms with van der Waals surface area (Å²) in [7, 11) is 0. The summed E-state index contributed by atoms with van der Waals surface area (Å²) in [5.74, 6) is -0.430. The fraction of sp³-hybridized carbons (Fsp3) is 0.190. The Hall–Kier alpha value is -2.37. The normalized spacial score (nSPS) is 12.2. The number of halogens is 2. The molecule has 3 heteroatoms. The molecule has 0 saturated heterocycles. The van der Waals surface area contributed by atoms with E-state index in [1.54, 1.807) is 12.1 Å². The molecule has 0 aromatic heterocycles. The molecule has 0 fully saturated rings. The molecule has 0 heterocycles. The summed E-state index contributed by atoms with van der Waals surface area (Å²) in [5, 5.41) is 9.38. The molecule has 0 unspecified atom stereocenters. The van der Waals surface area contributed by atoms with Crippen LogP contribution in [0.25, 0.3) is 11.1 Å². The Balaban J connectivity index is 2.65. The lowest BCUT2D eigenvalue weighted by molar-refractivity contribution is 0.628. The van der Waals surface area contributed by atoms with E-state index in [2.05, 4.69) is 19.1 Å². The number of allylic oxidation sites excluding steroid dienone is 4. The third-order valence-electron chi connectivity index (χ3n) is 3.95. The number of hydrogen-bond acceptors (Lipinski definition) is 1. The maximum Gasteiger partial charge on any atom is 0.141 e. The number of nitriles is 1. The lowest BCUT2D eigenvalue weighted by atomic mass is 9.93. The Morgan fingerprint density at radius 3 is 2.54 bits per heavy atom. The van der Waals surface area contributed by atoms with Gasteiger partial charge in [0.05, 0.1) is 16.7 Å². The highest BCUT2D eigenvalue weighted by Crippen LogP contribution is 2.30. The Bertz CT molecular complexity index is 857. The highest BCUT2D eigenvalue weighted by Gasteiger charge is 2.09. The largest absolute Gasteiger partial charge is 0.205 e. The number of aryl methyl sites for hydroxylation is 1. The molecule has 0 aliphatic rings. The summed E-state index contributed by atoms with van der Waals surface area (Å²) in [5.41, 5.74) is 5.39. The van der Waals surface area contributed by atoms with Crippen molar-refractivity contribution in [3.8, 4) is 6.07 Å². The van der Waals surface area contributed by atoms with Gasteiger partial charge in [-0.3, -0.25) is 0 Å². The predicted molar refractivity (Wildman–Crippen MR) is 99.2 cm³/mol. The lowest BCUT2D eigenvalue weighted by Gasteiger charge is -2.12. The SMILES string of the molecule is CC/C=C\C(=C(/C)c1ccc(F)c(Cl)c1)c1ccc(C)c(C#N)c1. The number of nitrogens with zero attached hydrogens (tertiary/aromatic N) is 1. The van der Waals surface area contributed by atoms with Crippen molar-refractivity contribution in [2.45, 2.75) is 27.2 Å². The Morgan fingerprint density at radius 2 is 1.92 bits per heavy atom. The van der Waals surface area contributed by atoms with Gasteiger partial charge < -0.3 is 0 Å². The van der Waals surface area contributed by atoms with Crippen LogP contribution >= 0.6 is 11.6 Å². The molecule has 122 valence electrons. The van der Waals surface area contributed by atoms with E-state index in [1.807, 2.05) is 38.1 Å². The van der Waals surface area contributed by atoms with Crippen molar-refractivity contribution in [3.05, 3.63) is 81.6 Å². The molecule has 0 spiro atoms. The molecule has 0 N–H and O–H groups in total. The van der Waals surface area contributed by atoms with Gasteiger partial charge in [0.15, 0.2) is 0 Å². The number of rotatable bonds is 4. The van der Waals surface area contributed by atoms with Crippen LogP contribution in [-0.4, -0.2) is 0 Å². The van der Waals surface area contributed by atoms with Gasteiger partial charge in [-0.05, 0) is 66.3 Å². The quantitative estimate of drug-likeness (QED) is 0.457. The molecule has 0 radical (unpaired) electrons. The van der Waals surface area contributed by atoms with E-state index in [-0.39, 0.29) is 5.02 Å². The molecule has 0 bridgehead atoms. The Kier molecular flexibility index (Phi) is 5.95. The lowest BCUT2D eigenvalue weighted by Crippen LogP contribution is -1.92. The first-order chi connectivity index (χ1) is 11.5. The summed E-state index contributed by atoms with van der Waals surface area (Å²) in [6.07, 6.45) is 5.01. The maximum atomic E-state index is 13.4. The number of hydrogen-bond donors (Lipinski definition) is 0. The van der Waals surface area contributed by atoms with Gasteiger partial charge in [0, 0.05) is 0 Å². The third kappa shape index (κ3) is 3.93. The Morgan fingerprint density at radius 1 is 1.21 bits per heavy atom. The standard InChI is InChI=1S/C21H19ClFN/c1-4-5-6-19(17-8-7-14(2)18(11-17)13-24)15(3)16-9-10-21(23)20(22)12-16/h5-12H,4H2,1-3H3/b6-5-,19-15-. The first kappa shape index (κ1) is 18.0. The van der Waals surface area contributed by atoms with Gasteiger partial charge in [0.25, 0.3) is 0 Å². The molecular weight excluding hydrogens is 321 g/mol. The van der Waals surface area contributed by atoms with Crippen molar-refractivity contribution in [1.29, 1.82) is 5.26 Å². The maximum absolute atomic E-state index is 13.4. The van der Waals surface area contributed by atoms with E-state index in [0.29, 0.717) is 5.56 Å². The monoisotopic (exact) mass is 339 g/mol. The fourth-order valence-corrected chi connectivity index (χ4v) is 2.65. The van der Waals surface area contributed by atoms with E-state index in [0.717, 1.165) is 34.3 Å². The second kappa shape index (κ2) is 7.95. The molecule has 1 nitrogen and oxygen atoms in total. The third-order valence-corrected chi connectivity index (χ3v) is 4.24. The second-order valence-corrected chi connectivity index (χ2v) is 6.03. The topological polar surface area (TPSA) is 23.8 Å². The highest BCUT2D eigenvalue weighted by atomic mass is 35.5. The van der Waals surface area contributed by atoms with Crippen LogP contribution < -0.4 is 0 Å². The van der Waals surface area contributed by atoms with Gasteiger partial charge in [-0.2, -0.15) is 5.26 Å². The minimum atomic E-state index is -0.430. The summed E-state index contributed by atoms with van der Waals surface area (Å²) in [4.78, 5) is 0. The van der Waals surface area contributed by atoms with Gasteiger partial charge in [-0.1, -0.05) is 48.9 Å². The minimum Gasteiger partial charge on any atom is -0.205 e. The first-order valence-corrected chi connectivity index (χ1v) is 8.19. The van der Waals surface area contributed by atoms with Crippen molar-refractivity contribution in [2.75, 3.05) is 0 Å². The molecule has 0 atom stereocenters. The van der Waals surface area contributed by atoms with E-state index >= 15 is 0 Å². The van der Waals surface area contributed by atoms with Crippen molar-refractivity contribution >= 4 is 22.7 Å². The predicted octanol–water partition coefficient (Wildman–Crippen LogP) is 6.56. The summed E-state index contributed by atoms with van der Waals surface area (Å²) in [6.45, 7) is 5.96. The van der Waals surface area contributed by atoms with Gasteiger partial charge in [-0.25, -0.2) is 4.39 Å². The van der Waals surface area contributed by atoms with E-state index in [1.165, 1.54) is 6.07 Å². The molecule has 0 saturated carbocycles. The molecule has 0 aliphatic heterocycles. The second-order valence-electron chi connectivity index (χ2n) is 5.62. The van der Waals surface area contributed by atoms with Crippen LogP contribution in [0.1, 0.15) is 42.5 Å². The fourth-order valence-electron chi connectivity index (χ4n) is 2.47. The van der Waals surface area contributed by atoms with Gasteiger partial charge in [0.2, 0.25) is 0 Å². The van der Waals surface area contributed by atoms with E-state index in [9.17, 15) is 9.65 Å². The molecule has 2 aromatic carbocycles. The van der Waals surface area contributed by atoms with Crippen LogP contribution in [0, 0.1) is 24.1 Å². The van der Waals surface area contributed by atoms with Crippen LogP contribution in [0.4, 0.5) is 4.39 Å². The average Bonchev–Trinajstić information content (AvgIpc) is 2.58. The van der Waals surface area contributed by atoms with Crippen LogP contribution in [0.3, 0.4) is 0 Å². The van der Waals surface area contributed by atoms with Crippen LogP contribution in [-0.2, 0) is 0 Å². The minimum absolute atomic E-state index is 0.104. The zero-order chi connectivity index (χ0) is 17.7. The molecule has 0 aliphatic carbocycles. The summed E-state index contributed by atoms with van der Waals surface area (Å²) >= 11 is 5.92. The van der Waals surface area contributed by atoms with E-state index in [4.69, 9.17) is 11.6 Å². The summed E-state index contributed by atoms with van der Waals surface area (Å²) < 4.78 is 13.4. The van der Waals surface area contributed by atoms with Crippen LogP contribution in [0.5, 0.6) is 0 Å². The highest BCUT2D eigenvalue weighted by molar-refractivity contribution is 6.31. The van der Waals surface area contributed by atoms with Crippen molar-refractivity contribution in [3.63, 3.8) is 0 Å². The van der Waals surface area contributed by atoms with Crippen molar-refractivity contribution < 1.29 is 4.39 Å². The van der Waals surface area contributed by atoms with Crippen LogP contribution in [0.15, 0.2) is 48.6 Å². The molecule has 2 aromatic rings. The zero-order valence-electron chi connectivity index (χ0n) is 14.0. The zero-order valence-corrected chi connectivity index (χ0v) is 14.8.